The molecule has 1 N–H and O–H groups in total. The molecule has 0 saturated carbocycles. The number of nitro benzene ring substituents is 1. The van der Waals surface area contributed by atoms with Gasteiger partial charge in [-0.15, -0.1) is 0 Å². The molecular weight excluding hydrogens is 470 g/mol. The molecule has 1 amide bonds. The first kappa shape index (κ1) is 26.5. The predicted octanol–water partition coefficient (Wildman–Crippen LogP) is 4.65. The largest absolute Gasteiger partial charge is 0.487 e. The Kier molecular flexibility index (Phi) is 7.74. The number of para-hydroxylation sites is 1. The van der Waals surface area contributed by atoms with Gasteiger partial charge in [0.2, 0.25) is 15.9 Å². The van der Waals surface area contributed by atoms with Gasteiger partial charge in [0.05, 0.1) is 22.9 Å². The predicted molar refractivity (Wildman–Crippen MR) is 135 cm³/mol. The van der Waals surface area contributed by atoms with Crippen LogP contribution in [0, 0.1) is 17.0 Å². The van der Waals surface area contributed by atoms with Gasteiger partial charge in [0, 0.05) is 24.1 Å². The van der Waals surface area contributed by atoms with E-state index in [-0.39, 0.29) is 23.8 Å². The fourth-order valence-electron chi connectivity index (χ4n) is 4.68. The zero-order chi connectivity index (χ0) is 26.0. The molecule has 0 saturated heterocycles. The first-order chi connectivity index (χ1) is 16.5. The molecular formula is C25H33N3O6S. The van der Waals surface area contributed by atoms with E-state index in [2.05, 4.69) is 5.32 Å². The second-order valence-electron chi connectivity index (χ2n) is 9.01. The molecule has 0 spiro atoms. The molecule has 2 atom stereocenters. The van der Waals surface area contributed by atoms with Gasteiger partial charge in [-0.05, 0) is 37.8 Å². The highest BCUT2D eigenvalue weighted by atomic mass is 32.2. The van der Waals surface area contributed by atoms with Crippen LogP contribution in [0.4, 0.5) is 11.4 Å². The smallest absolute Gasteiger partial charge is 0.271 e. The third kappa shape index (κ3) is 5.42. The number of amides is 1. The molecule has 2 unspecified atom stereocenters. The molecule has 0 fully saturated rings. The highest BCUT2D eigenvalue weighted by molar-refractivity contribution is 7.92. The summed E-state index contributed by atoms with van der Waals surface area (Å²) in [6, 6.07) is 10.1. The average Bonchev–Trinajstić information content (AvgIpc) is 2.81. The molecule has 190 valence electrons. The Morgan fingerprint density at radius 3 is 2.46 bits per heavy atom. The van der Waals surface area contributed by atoms with Gasteiger partial charge in [-0.25, -0.2) is 8.42 Å². The van der Waals surface area contributed by atoms with Gasteiger partial charge >= 0.3 is 0 Å². The maximum absolute atomic E-state index is 13.6. The third-order valence-corrected chi connectivity index (χ3v) is 7.94. The van der Waals surface area contributed by atoms with Crippen molar-refractivity contribution in [1.29, 1.82) is 0 Å². The molecule has 0 aliphatic carbocycles. The molecule has 1 aliphatic rings. The second-order valence-corrected chi connectivity index (χ2v) is 10.9. The number of non-ortho nitro benzene ring substituents is 1. The van der Waals surface area contributed by atoms with Crippen molar-refractivity contribution in [3.8, 4) is 5.75 Å². The summed E-state index contributed by atoms with van der Waals surface area (Å²) < 4.78 is 33.1. The molecule has 3 rings (SSSR count). The number of aryl methyl sites for hydroxylation is 1. The maximum Gasteiger partial charge on any atom is 0.271 e. The van der Waals surface area contributed by atoms with Crippen LogP contribution in [-0.4, -0.2) is 37.1 Å². The standard InChI is InChI=1S/C25H33N3O6S/c1-6-21(27(35(5,32)33)22-15-18(28(30)31)14-13-17(22)4)24(29)26-20-16-25(7-2,8-3)34-23-12-10-9-11-19(20)23/h9-15,20-21H,6-8,16H2,1-5H3,(H,26,29). The number of carbonyl (C=O) groups excluding carboxylic acids is 1. The van der Waals surface area contributed by atoms with Crippen molar-refractivity contribution in [2.24, 2.45) is 0 Å². The molecule has 2 aromatic rings. The van der Waals surface area contributed by atoms with Gasteiger partial charge in [0.15, 0.2) is 0 Å². The van der Waals surface area contributed by atoms with Crippen LogP contribution in [0.2, 0.25) is 0 Å². The number of rotatable bonds is 9. The van der Waals surface area contributed by atoms with Gasteiger partial charge in [-0.3, -0.25) is 19.2 Å². The van der Waals surface area contributed by atoms with Crippen LogP contribution in [-0.2, 0) is 14.8 Å². The zero-order valence-electron chi connectivity index (χ0n) is 20.8. The van der Waals surface area contributed by atoms with Gasteiger partial charge < -0.3 is 10.1 Å². The Balaban J connectivity index is 2.02. The minimum absolute atomic E-state index is 0.118. The Bertz CT molecular complexity index is 1210. The van der Waals surface area contributed by atoms with Crippen LogP contribution in [0.5, 0.6) is 5.75 Å². The van der Waals surface area contributed by atoms with Crippen molar-refractivity contribution in [2.45, 2.75) is 71.1 Å². The Morgan fingerprint density at radius 2 is 1.89 bits per heavy atom. The quantitative estimate of drug-likeness (QED) is 0.393. The van der Waals surface area contributed by atoms with Crippen LogP contribution < -0.4 is 14.4 Å². The monoisotopic (exact) mass is 503 g/mol. The first-order valence-electron chi connectivity index (χ1n) is 11.8. The highest BCUT2D eigenvalue weighted by Gasteiger charge is 2.41. The summed E-state index contributed by atoms with van der Waals surface area (Å²) in [5.41, 5.74) is 0.780. The van der Waals surface area contributed by atoms with Crippen molar-refractivity contribution < 1.29 is 22.9 Å². The molecule has 35 heavy (non-hydrogen) atoms. The van der Waals surface area contributed by atoms with Crippen molar-refractivity contribution in [3.63, 3.8) is 0 Å². The van der Waals surface area contributed by atoms with Crippen LogP contribution >= 0.6 is 0 Å². The summed E-state index contributed by atoms with van der Waals surface area (Å²) in [6.07, 6.45) is 3.24. The topological polar surface area (TPSA) is 119 Å². The Hall–Kier alpha value is -3.14. The number of sulfonamides is 1. The fourth-order valence-corrected chi connectivity index (χ4v) is 5.94. The number of ether oxygens (including phenoxy) is 1. The van der Waals surface area contributed by atoms with E-state index in [1.807, 2.05) is 38.1 Å². The SMILES string of the molecule is CCC(C(=O)NC1CC(CC)(CC)Oc2ccccc21)N(c1cc([N+](=O)[O-])ccc1C)S(C)(=O)=O. The first-order valence-corrected chi connectivity index (χ1v) is 13.6. The van der Waals surface area contributed by atoms with Crippen molar-refractivity contribution in [2.75, 3.05) is 10.6 Å². The lowest BCUT2D eigenvalue weighted by Crippen LogP contribution is -2.52. The van der Waals surface area contributed by atoms with Crippen molar-refractivity contribution >= 4 is 27.3 Å². The Morgan fingerprint density at radius 1 is 1.23 bits per heavy atom. The molecule has 9 nitrogen and oxygen atoms in total. The number of benzene rings is 2. The van der Waals surface area contributed by atoms with Crippen LogP contribution in [0.1, 0.15) is 63.6 Å². The van der Waals surface area contributed by atoms with E-state index < -0.39 is 32.5 Å². The number of nitrogens with one attached hydrogen (secondary N) is 1. The normalized spacial score (nSPS) is 17.6. The third-order valence-electron chi connectivity index (χ3n) is 6.77. The summed E-state index contributed by atoms with van der Waals surface area (Å²) in [7, 11) is -3.95. The van der Waals surface area contributed by atoms with Gasteiger partial charge in [0.1, 0.15) is 17.4 Å². The maximum atomic E-state index is 13.6. The minimum atomic E-state index is -3.95. The lowest BCUT2D eigenvalue weighted by Gasteiger charge is -2.42. The molecule has 2 aromatic carbocycles. The summed E-state index contributed by atoms with van der Waals surface area (Å²) in [5.74, 6) is 0.238. The molecule has 0 aromatic heterocycles. The summed E-state index contributed by atoms with van der Waals surface area (Å²) in [4.78, 5) is 24.4. The average molecular weight is 504 g/mol. The molecule has 1 heterocycles. The number of hydrogen-bond donors (Lipinski definition) is 1. The fraction of sp³-hybridized carbons (Fsp3) is 0.480. The van der Waals surface area contributed by atoms with E-state index in [0.29, 0.717) is 17.7 Å². The van der Waals surface area contributed by atoms with Gasteiger partial charge in [-0.2, -0.15) is 0 Å². The van der Waals surface area contributed by atoms with Crippen LogP contribution in [0.15, 0.2) is 42.5 Å². The number of anilines is 1. The van der Waals surface area contributed by atoms with Gasteiger partial charge in [-0.1, -0.05) is 45.0 Å². The van der Waals surface area contributed by atoms with E-state index in [1.54, 1.807) is 13.8 Å². The minimum Gasteiger partial charge on any atom is -0.487 e. The lowest BCUT2D eigenvalue weighted by molar-refractivity contribution is -0.384. The number of nitrogens with zero attached hydrogens (tertiary/aromatic N) is 2. The van der Waals surface area contributed by atoms with Crippen molar-refractivity contribution in [3.05, 3.63) is 63.7 Å². The summed E-state index contributed by atoms with van der Waals surface area (Å²) >= 11 is 0. The lowest BCUT2D eigenvalue weighted by atomic mass is 9.83. The van der Waals surface area contributed by atoms with E-state index in [9.17, 15) is 23.3 Å². The van der Waals surface area contributed by atoms with Crippen LogP contribution in [0.3, 0.4) is 0 Å². The van der Waals surface area contributed by atoms with Crippen LogP contribution in [0.25, 0.3) is 0 Å². The zero-order valence-corrected chi connectivity index (χ0v) is 21.6. The van der Waals surface area contributed by atoms with E-state index in [0.717, 1.165) is 29.0 Å². The van der Waals surface area contributed by atoms with E-state index >= 15 is 0 Å². The number of hydrogen-bond acceptors (Lipinski definition) is 6. The number of fused-ring (bicyclic) bond motifs is 1. The number of carbonyl (C=O) groups is 1. The molecule has 0 bridgehead atoms. The molecule has 10 heteroatoms. The highest BCUT2D eigenvalue weighted by Crippen LogP contribution is 2.43. The summed E-state index contributed by atoms with van der Waals surface area (Å²) in [5, 5.41) is 14.4. The van der Waals surface area contributed by atoms with Gasteiger partial charge in [0.25, 0.3) is 5.69 Å². The summed E-state index contributed by atoms with van der Waals surface area (Å²) in [6.45, 7) is 7.46. The van der Waals surface area contributed by atoms with E-state index in [4.69, 9.17) is 4.74 Å². The van der Waals surface area contributed by atoms with Crippen molar-refractivity contribution in [1.82, 2.24) is 5.32 Å². The second kappa shape index (κ2) is 10.2. The Labute approximate surface area is 206 Å². The number of nitro groups is 1. The molecule has 0 radical (unpaired) electrons. The van der Waals surface area contributed by atoms with E-state index in [1.165, 1.54) is 18.2 Å². The molecule has 1 aliphatic heterocycles.